The molecule has 1 rings (SSSR count). The van der Waals surface area contributed by atoms with Crippen molar-refractivity contribution in [3.8, 4) is 0 Å². The molecule has 0 saturated carbocycles. The van der Waals surface area contributed by atoms with Crippen molar-refractivity contribution in [1.29, 1.82) is 0 Å². The first-order valence-corrected chi connectivity index (χ1v) is 8.22. The molecule has 2 atom stereocenters. The van der Waals surface area contributed by atoms with E-state index in [2.05, 4.69) is 37.6 Å². The predicted octanol–water partition coefficient (Wildman–Crippen LogP) is 2.70. The van der Waals surface area contributed by atoms with Gasteiger partial charge in [-0.3, -0.25) is 9.80 Å². The summed E-state index contributed by atoms with van der Waals surface area (Å²) < 4.78 is 0. The summed E-state index contributed by atoms with van der Waals surface area (Å²) in [6, 6.07) is 0.743. The fourth-order valence-electron chi connectivity index (χ4n) is 3.26. The summed E-state index contributed by atoms with van der Waals surface area (Å²) >= 11 is 0. The highest BCUT2D eigenvalue weighted by molar-refractivity contribution is 4.89. The number of likely N-dealkylation sites (tertiary alicyclic amines) is 1. The van der Waals surface area contributed by atoms with Crippen LogP contribution in [0.25, 0.3) is 0 Å². The predicted molar refractivity (Wildman–Crippen MR) is 84.5 cm³/mol. The minimum Gasteiger partial charge on any atom is -0.329 e. The Balaban J connectivity index is 2.49. The number of nitrogens with two attached hydrogens (primary N) is 1. The Morgan fingerprint density at radius 1 is 1.32 bits per heavy atom. The Morgan fingerprint density at radius 3 is 2.63 bits per heavy atom. The molecule has 3 heteroatoms. The van der Waals surface area contributed by atoms with Gasteiger partial charge >= 0.3 is 0 Å². The van der Waals surface area contributed by atoms with Gasteiger partial charge in [0.15, 0.2) is 0 Å². The van der Waals surface area contributed by atoms with Crippen LogP contribution in [-0.2, 0) is 0 Å². The second-order valence-corrected chi connectivity index (χ2v) is 6.46. The lowest BCUT2D eigenvalue weighted by atomic mass is 9.92. The molecule has 2 N–H and O–H groups in total. The van der Waals surface area contributed by atoms with Crippen LogP contribution in [0.5, 0.6) is 0 Å². The van der Waals surface area contributed by atoms with Gasteiger partial charge < -0.3 is 5.73 Å². The van der Waals surface area contributed by atoms with Crippen LogP contribution in [0, 0.1) is 0 Å². The van der Waals surface area contributed by atoms with Gasteiger partial charge in [0.1, 0.15) is 0 Å². The molecule has 1 heterocycles. The normalized spacial score (nSPS) is 24.0. The fraction of sp³-hybridized carbons (Fsp3) is 1.00. The highest BCUT2D eigenvalue weighted by Gasteiger charge is 2.31. The van der Waals surface area contributed by atoms with E-state index in [0.29, 0.717) is 0 Å². The summed E-state index contributed by atoms with van der Waals surface area (Å²) in [6.07, 6.45) is 7.86. The lowest BCUT2D eigenvalue weighted by molar-refractivity contribution is 0.0945. The number of likely N-dealkylation sites (N-methyl/N-ethyl adjacent to an activating group) is 2. The summed E-state index contributed by atoms with van der Waals surface area (Å²) in [6.45, 7) is 11.3. The Hall–Kier alpha value is -0.120. The molecule has 1 fully saturated rings. The van der Waals surface area contributed by atoms with E-state index in [4.69, 9.17) is 5.73 Å². The highest BCUT2D eigenvalue weighted by Crippen LogP contribution is 2.24. The maximum atomic E-state index is 6.08. The van der Waals surface area contributed by atoms with Crippen molar-refractivity contribution >= 4 is 0 Å². The molecular weight excluding hydrogens is 234 g/mol. The monoisotopic (exact) mass is 269 g/mol. The van der Waals surface area contributed by atoms with Crippen LogP contribution in [0.1, 0.15) is 59.3 Å². The third-order valence-electron chi connectivity index (χ3n) is 5.07. The summed E-state index contributed by atoms with van der Waals surface area (Å²) in [5.74, 6) is 0. The molecule has 0 amide bonds. The molecule has 1 saturated heterocycles. The maximum Gasteiger partial charge on any atom is 0.0301 e. The smallest absolute Gasteiger partial charge is 0.0301 e. The summed E-state index contributed by atoms with van der Waals surface area (Å²) in [5, 5.41) is 0. The van der Waals surface area contributed by atoms with Gasteiger partial charge in [-0.05, 0) is 46.3 Å². The van der Waals surface area contributed by atoms with E-state index in [1.54, 1.807) is 0 Å². The van der Waals surface area contributed by atoms with Crippen molar-refractivity contribution in [2.45, 2.75) is 70.9 Å². The van der Waals surface area contributed by atoms with Crippen LogP contribution >= 0.6 is 0 Å². The average Bonchev–Trinajstić information content (AvgIpc) is 2.86. The fourth-order valence-corrected chi connectivity index (χ4v) is 3.26. The molecule has 0 aromatic carbocycles. The van der Waals surface area contributed by atoms with E-state index in [9.17, 15) is 0 Å². The third-order valence-corrected chi connectivity index (χ3v) is 5.07. The van der Waals surface area contributed by atoms with Crippen LogP contribution in [0.4, 0.5) is 0 Å². The first-order chi connectivity index (χ1) is 9.07. The third kappa shape index (κ3) is 4.73. The van der Waals surface area contributed by atoms with E-state index in [1.165, 1.54) is 58.2 Å². The standard InChI is InChI=1S/C16H35N3/c1-5-7-8-11-16(3,14-17)18(4)13-15-10-9-12-19(15)6-2/h15H,5-14,17H2,1-4H3. The molecule has 19 heavy (non-hydrogen) atoms. The zero-order valence-corrected chi connectivity index (χ0v) is 13.6. The number of hydrogen-bond acceptors (Lipinski definition) is 3. The number of unbranched alkanes of at least 4 members (excludes halogenated alkanes) is 2. The second-order valence-electron chi connectivity index (χ2n) is 6.46. The van der Waals surface area contributed by atoms with Gasteiger partial charge in [-0.15, -0.1) is 0 Å². The van der Waals surface area contributed by atoms with Crippen molar-refractivity contribution < 1.29 is 0 Å². The van der Waals surface area contributed by atoms with Crippen molar-refractivity contribution in [2.24, 2.45) is 5.73 Å². The van der Waals surface area contributed by atoms with Crippen LogP contribution in [0.15, 0.2) is 0 Å². The van der Waals surface area contributed by atoms with Gasteiger partial charge in [-0.25, -0.2) is 0 Å². The first kappa shape index (κ1) is 16.9. The summed E-state index contributed by atoms with van der Waals surface area (Å²) in [7, 11) is 2.27. The molecule has 2 unspecified atom stereocenters. The van der Waals surface area contributed by atoms with Gasteiger partial charge in [0.05, 0.1) is 0 Å². The van der Waals surface area contributed by atoms with Gasteiger partial charge in [-0.2, -0.15) is 0 Å². The Labute approximate surface area is 120 Å². The van der Waals surface area contributed by atoms with Crippen molar-refractivity contribution in [2.75, 3.05) is 33.2 Å². The zero-order valence-electron chi connectivity index (χ0n) is 13.6. The largest absolute Gasteiger partial charge is 0.329 e. The number of hydrogen-bond donors (Lipinski definition) is 1. The molecule has 0 aromatic heterocycles. The Kier molecular flexibility index (Phi) is 7.33. The number of nitrogens with zero attached hydrogens (tertiary/aromatic N) is 2. The molecule has 114 valence electrons. The molecule has 0 radical (unpaired) electrons. The van der Waals surface area contributed by atoms with Gasteiger partial charge in [0.25, 0.3) is 0 Å². The van der Waals surface area contributed by atoms with E-state index in [-0.39, 0.29) is 5.54 Å². The van der Waals surface area contributed by atoms with Crippen LogP contribution in [0.3, 0.4) is 0 Å². The Bertz CT molecular complexity index is 244. The zero-order chi connectivity index (χ0) is 14.3. The SMILES string of the molecule is CCCCCC(C)(CN)N(C)CC1CCCN1CC. The molecule has 3 nitrogen and oxygen atoms in total. The Morgan fingerprint density at radius 2 is 2.05 bits per heavy atom. The average molecular weight is 269 g/mol. The summed E-state index contributed by atoms with van der Waals surface area (Å²) in [4.78, 5) is 5.15. The van der Waals surface area contributed by atoms with Crippen LogP contribution in [0.2, 0.25) is 0 Å². The molecule has 0 bridgehead atoms. The highest BCUT2D eigenvalue weighted by atomic mass is 15.3. The quantitative estimate of drug-likeness (QED) is 0.653. The molecule has 1 aliphatic heterocycles. The van der Waals surface area contributed by atoms with Crippen molar-refractivity contribution in [3.63, 3.8) is 0 Å². The van der Waals surface area contributed by atoms with Crippen LogP contribution in [-0.4, -0.2) is 54.6 Å². The summed E-state index contributed by atoms with van der Waals surface area (Å²) in [5.41, 5.74) is 6.25. The van der Waals surface area contributed by atoms with Gasteiger partial charge in [0, 0.05) is 24.7 Å². The maximum absolute atomic E-state index is 6.08. The first-order valence-electron chi connectivity index (χ1n) is 8.22. The lowest BCUT2D eigenvalue weighted by Gasteiger charge is -2.41. The van der Waals surface area contributed by atoms with E-state index < -0.39 is 0 Å². The minimum atomic E-state index is 0.178. The minimum absolute atomic E-state index is 0.178. The van der Waals surface area contributed by atoms with Gasteiger partial charge in [0.2, 0.25) is 0 Å². The van der Waals surface area contributed by atoms with E-state index in [1.807, 2.05) is 0 Å². The topological polar surface area (TPSA) is 32.5 Å². The number of rotatable bonds is 9. The van der Waals surface area contributed by atoms with Crippen molar-refractivity contribution in [1.82, 2.24) is 9.80 Å². The van der Waals surface area contributed by atoms with Crippen molar-refractivity contribution in [3.05, 3.63) is 0 Å². The van der Waals surface area contributed by atoms with Crippen LogP contribution < -0.4 is 5.73 Å². The second kappa shape index (κ2) is 8.23. The lowest BCUT2D eigenvalue weighted by Crippen LogP contribution is -2.53. The van der Waals surface area contributed by atoms with E-state index in [0.717, 1.165) is 12.6 Å². The molecule has 0 aliphatic carbocycles. The van der Waals surface area contributed by atoms with Gasteiger partial charge in [-0.1, -0.05) is 33.1 Å². The molecule has 0 aromatic rings. The molecule has 0 spiro atoms. The van der Waals surface area contributed by atoms with E-state index >= 15 is 0 Å². The molecule has 1 aliphatic rings. The molecular formula is C16H35N3.